The molecule has 0 aliphatic carbocycles. The van der Waals surface area contributed by atoms with Crippen molar-refractivity contribution in [3.63, 3.8) is 0 Å². The van der Waals surface area contributed by atoms with Gasteiger partial charge in [-0.05, 0) is 42.3 Å². The quantitative estimate of drug-likeness (QED) is 0.544. The molecule has 0 radical (unpaired) electrons. The Morgan fingerprint density at radius 1 is 1.09 bits per heavy atom. The molecule has 35 heavy (non-hydrogen) atoms. The number of imidazole rings is 1. The minimum absolute atomic E-state index is 0.0699. The molecule has 180 valence electrons. The van der Waals surface area contributed by atoms with Gasteiger partial charge >= 0.3 is 6.18 Å². The molecule has 2 aliphatic rings. The average molecular weight is 503 g/mol. The van der Waals surface area contributed by atoms with Crippen molar-refractivity contribution < 1.29 is 27.6 Å². The predicted molar refractivity (Wildman–Crippen MR) is 120 cm³/mol. The highest BCUT2D eigenvalue weighted by atomic mass is 35.5. The number of aromatic nitrogens is 2. The Balaban J connectivity index is 1.43. The molecular formula is C24H18ClF3N4O3. The lowest BCUT2D eigenvalue weighted by atomic mass is 10.0. The fourth-order valence-electron chi connectivity index (χ4n) is 4.46. The predicted octanol–water partition coefficient (Wildman–Crippen LogP) is 4.19. The van der Waals surface area contributed by atoms with Crippen LogP contribution in [0.4, 0.5) is 13.2 Å². The number of carbonyl (C=O) groups is 3. The van der Waals surface area contributed by atoms with Gasteiger partial charge in [0.2, 0.25) is 11.8 Å². The van der Waals surface area contributed by atoms with E-state index in [4.69, 9.17) is 11.6 Å². The molecule has 2 aromatic carbocycles. The lowest BCUT2D eigenvalue weighted by molar-refractivity contribution is -0.138. The van der Waals surface area contributed by atoms with Crippen molar-refractivity contribution in [1.82, 2.24) is 19.8 Å². The number of fused-ring (bicyclic) bond motifs is 1. The fourth-order valence-corrected chi connectivity index (χ4v) is 4.73. The van der Waals surface area contributed by atoms with E-state index in [1.807, 2.05) is 0 Å². The molecule has 5 rings (SSSR count). The molecule has 3 aromatic rings. The largest absolute Gasteiger partial charge is 0.416 e. The van der Waals surface area contributed by atoms with Crippen molar-refractivity contribution in [2.45, 2.75) is 31.6 Å². The van der Waals surface area contributed by atoms with Crippen molar-refractivity contribution in [3.8, 4) is 22.6 Å². The van der Waals surface area contributed by atoms with E-state index in [0.29, 0.717) is 28.2 Å². The van der Waals surface area contributed by atoms with Gasteiger partial charge in [-0.3, -0.25) is 19.7 Å². The second-order valence-electron chi connectivity index (χ2n) is 8.52. The summed E-state index contributed by atoms with van der Waals surface area (Å²) in [6.45, 7) is 0.221. The number of benzene rings is 2. The third kappa shape index (κ3) is 4.07. The molecule has 3 heterocycles. The molecule has 1 aromatic heterocycles. The van der Waals surface area contributed by atoms with Gasteiger partial charge in [0.25, 0.3) is 5.91 Å². The molecule has 0 saturated carbocycles. The summed E-state index contributed by atoms with van der Waals surface area (Å²) in [5, 5.41) is 2.20. The lowest BCUT2D eigenvalue weighted by Gasteiger charge is -2.29. The number of nitrogens with one attached hydrogen (secondary N) is 1. The molecule has 0 spiro atoms. The Morgan fingerprint density at radius 2 is 1.83 bits per heavy atom. The Hall–Kier alpha value is -3.66. The van der Waals surface area contributed by atoms with Gasteiger partial charge in [0.15, 0.2) is 0 Å². The van der Waals surface area contributed by atoms with Crippen LogP contribution >= 0.6 is 11.6 Å². The maximum atomic E-state index is 13.0. The fraction of sp³-hybridized carbons (Fsp3) is 0.250. The van der Waals surface area contributed by atoms with E-state index < -0.39 is 23.7 Å². The number of aryl methyl sites for hydroxylation is 1. The number of rotatable bonds is 3. The summed E-state index contributed by atoms with van der Waals surface area (Å²) in [5.41, 5.74) is 1.95. The Kier molecular flexibility index (Phi) is 5.43. The van der Waals surface area contributed by atoms with Crippen LogP contribution in [0.3, 0.4) is 0 Å². The van der Waals surface area contributed by atoms with Crippen LogP contribution < -0.4 is 5.32 Å². The number of carbonyl (C=O) groups excluding carboxylic acids is 3. The highest BCUT2D eigenvalue weighted by molar-refractivity contribution is 6.33. The van der Waals surface area contributed by atoms with Gasteiger partial charge < -0.3 is 9.47 Å². The van der Waals surface area contributed by atoms with Crippen molar-refractivity contribution in [3.05, 3.63) is 64.3 Å². The van der Waals surface area contributed by atoms with Crippen molar-refractivity contribution >= 4 is 29.3 Å². The molecule has 11 heteroatoms. The maximum Gasteiger partial charge on any atom is 0.416 e. The van der Waals surface area contributed by atoms with Gasteiger partial charge in [-0.1, -0.05) is 17.7 Å². The Morgan fingerprint density at radius 3 is 2.51 bits per heavy atom. The first-order valence-electron chi connectivity index (χ1n) is 10.7. The summed E-state index contributed by atoms with van der Waals surface area (Å²) >= 11 is 6.15. The van der Waals surface area contributed by atoms with Crippen LogP contribution in [0.1, 0.15) is 34.3 Å². The number of alkyl halides is 3. The summed E-state index contributed by atoms with van der Waals surface area (Å²) in [4.78, 5) is 42.6. The van der Waals surface area contributed by atoms with Gasteiger partial charge in [0, 0.05) is 42.9 Å². The lowest BCUT2D eigenvalue weighted by Crippen LogP contribution is -2.52. The number of halogens is 4. The molecule has 7 nitrogen and oxygen atoms in total. The zero-order chi connectivity index (χ0) is 25.1. The van der Waals surface area contributed by atoms with Gasteiger partial charge in [-0.2, -0.15) is 13.2 Å². The van der Waals surface area contributed by atoms with Crippen LogP contribution in [0.2, 0.25) is 5.02 Å². The average Bonchev–Trinajstić information content (AvgIpc) is 3.33. The second kappa shape index (κ2) is 8.23. The van der Waals surface area contributed by atoms with E-state index in [0.717, 1.165) is 17.7 Å². The SMILES string of the molecule is Cn1cc(-c2ccc3c(c2)CN(C2CCC(=O)NC2=O)C3=O)nc1-c1ccc(C(F)(F)F)cc1Cl. The first-order valence-corrected chi connectivity index (χ1v) is 11.1. The van der Waals surface area contributed by atoms with E-state index >= 15 is 0 Å². The maximum absolute atomic E-state index is 13.0. The highest BCUT2D eigenvalue weighted by Gasteiger charge is 2.39. The number of piperidine rings is 1. The molecular weight excluding hydrogens is 485 g/mol. The van der Waals surface area contributed by atoms with Crippen molar-refractivity contribution in [2.24, 2.45) is 7.05 Å². The van der Waals surface area contributed by atoms with E-state index in [-0.39, 0.29) is 36.2 Å². The topological polar surface area (TPSA) is 84.3 Å². The zero-order valence-corrected chi connectivity index (χ0v) is 19.1. The normalized spacial score (nSPS) is 18.1. The summed E-state index contributed by atoms with van der Waals surface area (Å²) in [6.07, 6.45) is -2.34. The molecule has 2 aliphatic heterocycles. The van der Waals surface area contributed by atoms with Crippen LogP contribution in [-0.4, -0.2) is 38.2 Å². The summed E-state index contributed by atoms with van der Waals surface area (Å²) < 4.78 is 40.6. The first kappa shape index (κ1) is 23.1. The van der Waals surface area contributed by atoms with Gasteiger partial charge in [0.1, 0.15) is 11.9 Å². The van der Waals surface area contributed by atoms with Gasteiger partial charge in [0.05, 0.1) is 16.3 Å². The number of hydrogen-bond acceptors (Lipinski definition) is 4. The highest BCUT2D eigenvalue weighted by Crippen LogP contribution is 2.36. The number of nitrogens with zero attached hydrogens (tertiary/aromatic N) is 3. The minimum atomic E-state index is -4.50. The molecule has 0 bridgehead atoms. The third-order valence-corrected chi connectivity index (χ3v) is 6.55. The van der Waals surface area contributed by atoms with Crippen LogP contribution in [0.25, 0.3) is 22.6 Å². The van der Waals surface area contributed by atoms with Crippen LogP contribution in [-0.2, 0) is 29.4 Å². The molecule has 1 saturated heterocycles. The van der Waals surface area contributed by atoms with Crippen LogP contribution in [0.15, 0.2) is 42.6 Å². The van der Waals surface area contributed by atoms with Gasteiger partial charge in [-0.25, -0.2) is 4.98 Å². The molecule has 3 amide bonds. The minimum Gasteiger partial charge on any atom is -0.333 e. The summed E-state index contributed by atoms with van der Waals surface area (Å²) in [5.74, 6) is -0.720. The first-order chi connectivity index (χ1) is 16.5. The van der Waals surface area contributed by atoms with E-state index in [2.05, 4.69) is 10.3 Å². The second-order valence-corrected chi connectivity index (χ2v) is 8.93. The Labute approximate surface area is 202 Å². The number of hydrogen-bond donors (Lipinski definition) is 1. The van der Waals surface area contributed by atoms with E-state index in [9.17, 15) is 27.6 Å². The zero-order valence-electron chi connectivity index (χ0n) is 18.3. The van der Waals surface area contributed by atoms with Crippen molar-refractivity contribution in [2.75, 3.05) is 0 Å². The molecule has 1 unspecified atom stereocenters. The summed E-state index contributed by atoms with van der Waals surface area (Å²) in [6, 6.07) is 7.61. The third-order valence-electron chi connectivity index (χ3n) is 6.23. The van der Waals surface area contributed by atoms with Crippen LogP contribution in [0, 0.1) is 0 Å². The Bertz CT molecular complexity index is 1400. The molecule has 1 N–H and O–H groups in total. The van der Waals surface area contributed by atoms with Gasteiger partial charge in [-0.15, -0.1) is 0 Å². The van der Waals surface area contributed by atoms with Crippen LogP contribution in [0.5, 0.6) is 0 Å². The standard InChI is InChI=1S/C24H18ClF3N4O3/c1-31-11-18(29-21(31)16-5-3-14(9-17(16)25)24(26,27)28)12-2-4-15-13(8-12)10-32(23(15)35)19-6-7-20(33)30-22(19)34/h2-5,8-9,11,19H,6-7,10H2,1H3,(H,30,33,34). The monoisotopic (exact) mass is 502 g/mol. The number of imide groups is 1. The summed E-state index contributed by atoms with van der Waals surface area (Å²) in [7, 11) is 1.71. The number of amides is 3. The molecule has 1 fully saturated rings. The van der Waals surface area contributed by atoms with Crippen molar-refractivity contribution in [1.29, 1.82) is 0 Å². The smallest absolute Gasteiger partial charge is 0.333 e. The van der Waals surface area contributed by atoms with E-state index in [1.165, 1.54) is 11.0 Å². The van der Waals surface area contributed by atoms with E-state index in [1.54, 1.807) is 36.0 Å². The molecule has 1 atom stereocenters.